The van der Waals surface area contributed by atoms with Crippen LogP contribution in [-0.2, 0) is 0 Å². The van der Waals surface area contributed by atoms with E-state index in [-0.39, 0.29) is 5.82 Å². The van der Waals surface area contributed by atoms with Crippen molar-refractivity contribution in [2.75, 3.05) is 24.7 Å². The molecular formula is C10H18N4O2. The predicted octanol–water partition coefficient (Wildman–Crippen LogP) is 0.640. The van der Waals surface area contributed by atoms with E-state index in [1.54, 1.807) is 0 Å². The highest BCUT2D eigenvalue weighted by atomic mass is 16.5. The number of aromatic nitrogens is 2. The Labute approximate surface area is 94.9 Å². The average Bonchev–Trinajstić information content (AvgIpc) is 2.27. The molecule has 0 aromatic carbocycles. The molecule has 0 fully saturated rings. The number of aliphatic hydroxyl groups excluding tert-OH is 1. The molecule has 0 spiro atoms. The fourth-order valence-electron chi connectivity index (χ4n) is 1.36. The lowest BCUT2D eigenvalue weighted by atomic mass is 10.2. The number of hydrogen-bond donors (Lipinski definition) is 3. The van der Waals surface area contributed by atoms with Gasteiger partial charge >= 0.3 is 0 Å². The Kier molecular flexibility index (Phi) is 4.78. The van der Waals surface area contributed by atoms with Crippen LogP contribution in [0, 0.1) is 0 Å². The van der Waals surface area contributed by atoms with Crippen molar-refractivity contribution in [3.05, 3.63) is 6.33 Å². The summed E-state index contributed by atoms with van der Waals surface area (Å²) in [5, 5.41) is 12.5. The van der Waals surface area contributed by atoms with Gasteiger partial charge in [-0.05, 0) is 6.42 Å². The Hall–Kier alpha value is -1.56. The molecule has 1 atom stereocenters. The van der Waals surface area contributed by atoms with E-state index in [4.69, 9.17) is 10.5 Å². The van der Waals surface area contributed by atoms with Gasteiger partial charge in [-0.15, -0.1) is 0 Å². The van der Waals surface area contributed by atoms with Gasteiger partial charge in [0.1, 0.15) is 6.33 Å². The second-order valence-electron chi connectivity index (χ2n) is 3.46. The summed E-state index contributed by atoms with van der Waals surface area (Å²) in [6.45, 7) is 2.44. The first kappa shape index (κ1) is 12.5. The lowest BCUT2D eigenvalue weighted by Crippen LogP contribution is -2.20. The van der Waals surface area contributed by atoms with E-state index in [2.05, 4.69) is 15.3 Å². The van der Waals surface area contributed by atoms with Gasteiger partial charge in [0.25, 0.3) is 0 Å². The lowest BCUT2D eigenvalue weighted by molar-refractivity contribution is 0.176. The Balaban J connectivity index is 2.63. The summed E-state index contributed by atoms with van der Waals surface area (Å²) in [6.07, 6.45) is 2.64. The second kappa shape index (κ2) is 6.12. The largest absolute Gasteiger partial charge is 0.490 e. The van der Waals surface area contributed by atoms with Gasteiger partial charge in [0, 0.05) is 6.54 Å². The van der Waals surface area contributed by atoms with Gasteiger partial charge in [-0.25, -0.2) is 9.97 Å². The molecule has 0 saturated heterocycles. The van der Waals surface area contributed by atoms with E-state index >= 15 is 0 Å². The monoisotopic (exact) mass is 226 g/mol. The molecule has 0 radical (unpaired) electrons. The van der Waals surface area contributed by atoms with E-state index in [1.165, 1.54) is 13.4 Å². The first-order valence-corrected chi connectivity index (χ1v) is 5.25. The molecule has 16 heavy (non-hydrogen) atoms. The minimum Gasteiger partial charge on any atom is -0.490 e. The Bertz CT molecular complexity index is 333. The number of nitrogens with zero attached hydrogens (tertiary/aromatic N) is 2. The van der Waals surface area contributed by atoms with Crippen molar-refractivity contribution in [3.8, 4) is 5.75 Å². The molecule has 0 saturated carbocycles. The van der Waals surface area contributed by atoms with Crippen molar-refractivity contribution in [2.45, 2.75) is 25.9 Å². The average molecular weight is 226 g/mol. The van der Waals surface area contributed by atoms with Crippen molar-refractivity contribution in [1.29, 1.82) is 0 Å². The fraction of sp³-hybridized carbons (Fsp3) is 0.600. The van der Waals surface area contributed by atoms with Crippen LogP contribution < -0.4 is 15.8 Å². The number of hydrogen-bond acceptors (Lipinski definition) is 6. The predicted molar refractivity (Wildman–Crippen MR) is 62.4 cm³/mol. The maximum Gasteiger partial charge on any atom is 0.203 e. The van der Waals surface area contributed by atoms with Crippen molar-refractivity contribution in [3.63, 3.8) is 0 Å². The first-order chi connectivity index (χ1) is 7.69. The van der Waals surface area contributed by atoms with Gasteiger partial charge in [0.15, 0.2) is 11.6 Å². The third kappa shape index (κ3) is 3.23. The maximum atomic E-state index is 9.57. The Morgan fingerprint density at radius 2 is 2.31 bits per heavy atom. The third-order valence-electron chi connectivity index (χ3n) is 2.16. The van der Waals surface area contributed by atoms with Crippen LogP contribution in [0.25, 0.3) is 0 Å². The zero-order valence-electron chi connectivity index (χ0n) is 9.60. The van der Waals surface area contributed by atoms with Gasteiger partial charge in [0.2, 0.25) is 5.75 Å². The van der Waals surface area contributed by atoms with Crippen molar-refractivity contribution in [1.82, 2.24) is 9.97 Å². The second-order valence-corrected chi connectivity index (χ2v) is 3.46. The van der Waals surface area contributed by atoms with Crippen LogP contribution in [0.1, 0.15) is 19.8 Å². The van der Waals surface area contributed by atoms with E-state index in [0.29, 0.717) is 18.1 Å². The number of ether oxygens (including phenoxy) is 1. The minimum absolute atomic E-state index is 0.282. The molecule has 1 heterocycles. The summed E-state index contributed by atoms with van der Waals surface area (Å²) in [5.74, 6) is 1.20. The Morgan fingerprint density at radius 1 is 1.56 bits per heavy atom. The minimum atomic E-state index is -0.397. The van der Waals surface area contributed by atoms with E-state index < -0.39 is 6.10 Å². The lowest BCUT2D eigenvalue weighted by Gasteiger charge is -2.13. The molecule has 6 heteroatoms. The smallest absolute Gasteiger partial charge is 0.203 e. The summed E-state index contributed by atoms with van der Waals surface area (Å²) in [4.78, 5) is 7.82. The molecule has 0 amide bonds. The van der Waals surface area contributed by atoms with Gasteiger partial charge in [-0.3, -0.25) is 0 Å². The van der Waals surface area contributed by atoms with E-state index in [9.17, 15) is 5.11 Å². The highest BCUT2D eigenvalue weighted by Gasteiger charge is 2.10. The van der Waals surface area contributed by atoms with Gasteiger partial charge in [0.05, 0.1) is 13.2 Å². The van der Waals surface area contributed by atoms with E-state index in [0.717, 1.165) is 12.8 Å². The van der Waals surface area contributed by atoms with Crippen LogP contribution in [-0.4, -0.2) is 34.8 Å². The molecule has 1 aromatic rings. The summed E-state index contributed by atoms with van der Waals surface area (Å²) in [7, 11) is 1.50. The van der Waals surface area contributed by atoms with Crippen LogP contribution in [0.15, 0.2) is 6.33 Å². The molecule has 6 nitrogen and oxygen atoms in total. The molecule has 1 unspecified atom stereocenters. The Morgan fingerprint density at radius 3 is 2.94 bits per heavy atom. The quantitative estimate of drug-likeness (QED) is 0.659. The highest BCUT2D eigenvalue weighted by Crippen LogP contribution is 2.25. The summed E-state index contributed by atoms with van der Waals surface area (Å²) in [6, 6.07) is 0. The van der Waals surface area contributed by atoms with Crippen LogP contribution in [0.4, 0.5) is 11.6 Å². The number of aliphatic hydroxyl groups is 1. The molecule has 0 bridgehead atoms. The summed E-state index contributed by atoms with van der Waals surface area (Å²) >= 11 is 0. The maximum absolute atomic E-state index is 9.57. The highest BCUT2D eigenvalue weighted by molar-refractivity contribution is 5.61. The van der Waals surface area contributed by atoms with Gasteiger partial charge in [-0.2, -0.15) is 0 Å². The SMILES string of the molecule is CCCC(O)CNc1ncnc(N)c1OC. The zero-order chi connectivity index (χ0) is 12.0. The topological polar surface area (TPSA) is 93.3 Å². The number of nitrogens with two attached hydrogens (primary N) is 1. The standard InChI is InChI=1S/C10H18N4O2/c1-3-4-7(15)5-12-10-8(16-2)9(11)13-6-14-10/h6-7,15H,3-5H2,1-2H3,(H3,11,12,13,14). The molecule has 1 aromatic heterocycles. The van der Waals surface area contributed by atoms with Crippen LogP contribution in [0.5, 0.6) is 5.75 Å². The molecular weight excluding hydrogens is 208 g/mol. The number of rotatable bonds is 6. The van der Waals surface area contributed by atoms with Gasteiger partial charge < -0.3 is 20.9 Å². The van der Waals surface area contributed by atoms with Crippen LogP contribution >= 0.6 is 0 Å². The third-order valence-corrected chi connectivity index (χ3v) is 2.16. The van der Waals surface area contributed by atoms with Crippen LogP contribution in [0.3, 0.4) is 0 Å². The molecule has 0 aliphatic heterocycles. The number of nitrogens with one attached hydrogen (secondary N) is 1. The zero-order valence-corrected chi connectivity index (χ0v) is 9.60. The molecule has 4 N–H and O–H groups in total. The molecule has 90 valence electrons. The fourth-order valence-corrected chi connectivity index (χ4v) is 1.36. The summed E-state index contributed by atoms with van der Waals surface area (Å²) in [5.41, 5.74) is 5.62. The normalized spacial score (nSPS) is 12.2. The molecule has 0 aliphatic carbocycles. The van der Waals surface area contributed by atoms with Crippen molar-refractivity contribution >= 4 is 11.6 Å². The first-order valence-electron chi connectivity index (χ1n) is 5.25. The number of nitrogen functional groups attached to an aromatic ring is 1. The van der Waals surface area contributed by atoms with Crippen molar-refractivity contribution < 1.29 is 9.84 Å². The van der Waals surface area contributed by atoms with Crippen LogP contribution in [0.2, 0.25) is 0 Å². The van der Waals surface area contributed by atoms with Crippen molar-refractivity contribution in [2.24, 2.45) is 0 Å². The number of anilines is 2. The molecule has 0 aliphatic rings. The van der Waals surface area contributed by atoms with Gasteiger partial charge in [-0.1, -0.05) is 13.3 Å². The molecule has 1 rings (SSSR count). The summed E-state index contributed by atoms with van der Waals surface area (Å²) < 4.78 is 5.07. The van der Waals surface area contributed by atoms with E-state index in [1.807, 2.05) is 6.92 Å². The number of methoxy groups -OCH3 is 1.